The van der Waals surface area contributed by atoms with Crippen LogP contribution in [0.3, 0.4) is 0 Å². The zero-order valence-corrected chi connectivity index (χ0v) is 19.2. The molecule has 34 heavy (non-hydrogen) atoms. The van der Waals surface area contributed by atoms with Gasteiger partial charge in [0.1, 0.15) is 12.1 Å². The molecule has 1 aliphatic rings. The van der Waals surface area contributed by atoms with Gasteiger partial charge in [-0.05, 0) is 23.6 Å². The lowest BCUT2D eigenvalue weighted by atomic mass is 10.0. The van der Waals surface area contributed by atoms with Gasteiger partial charge in [0.05, 0.1) is 6.26 Å². The highest BCUT2D eigenvalue weighted by Gasteiger charge is 2.32. The number of nitrogens with one attached hydrogen (secondary N) is 1. The number of hydrogen-bond donors (Lipinski definition) is 1. The first-order chi connectivity index (χ1) is 16.5. The second-order valence-electron chi connectivity index (χ2n) is 8.58. The Balaban J connectivity index is 1.46. The maximum Gasteiger partial charge on any atom is 0.266 e. The summed E-state index contributed by atoms with van der Waals surface area (Å²) in [4.78, 5) is 33.8. The van der Waals surface area contributed by atoms with E-state index >= 15 is 0 Å². The van der Waals surface area contributed by atoms with E-state index in [9.17, 15) is 14.9 Å². The van der Waals surface area contributed by atoms with Crippen molar-refractivity contribution in [2.24, 2.45) is 5.92 Å². The van der Waals surface area contributed by atoms with E-state index in [2.05, 4.69) is 16.4 Å². The molecule has 1 N–H and O–H groups in total. The van der Waals surface area contributed by atoms with Crippen LogP contribution in [-0.4, -0.2) is 47.9 Å². The van der Waals surface area contributed by atoms with Crippen LogP contribution < -0.4 is 10.2 Å². The van der Waals surface area contributed by atoms with Gasteiger partial charge in [-0.2, -0.15) is 10.2 Å². The van der Waals surface area contributed by atoms with Crippen LogP contribution in [0.25, 0.3) is 11.7 Å². The summed E-state index contributed by atoms with van der Waals surface area (Å²) in [6.45, 7) is 5.71. The Kier molecular flexibility index (Phi) is 6.97. The maximum absolute atomic E-state index is 13.4. The predicted molar refractivity (Wildman–Crippen MR) is 124 cm³/mol. The Bertz CT molecular complexity index is 1160. The van der Waals surface area contributed by atoms with Crippen LogP contribution in [0, 0.1) is 17.2 Å². The highest BCUT2D eigenvalue weighted by Crippen LogP contribution is 2.29. The van der Waals surface area contributed by atoms with Crippen LogP contribution in [0.4, 0.5) is 5.88 Å². The fraction of sp³-hybridized carbons (Fsp3) is 0.360. The molecule has 1 atom stereocenters. The number of amides is 2. The second-order valence-corrected chi connectivity index (χ2v) is 8.58. The molecule has 1 saturated heterocycles. The number of hydrogen-bond acceptors (Lipinski definition) is 7. The molecule has 9 nitrogen and oxygen atoms in total. The van der Waals surface area contributed by atoms with E-state index in [4.69, 9.17) is 8.83 Å². The Morgan fingerprint density at radius 2 is 1.85 bits per heavy atom. The Morgan fingerprint density at radius 1 is 1.12 bits per heavy atom. The van der Waals surface area contributed by atoms with Crippen molar-refractivity contribution < 1.29 is 18.4 Å². The van der Waals surface area contributed by atoms with E-state index in [-0.39, 0.29) is 29.3 Å². The molecule has 0 spiro atoms. The molecule has 1 aromatic carbocycles. The number of aromatic nitrogens is 1. The van der Waals surface area contributed by atoms with Crippen LogP contribution >= 0.6 is 0 Å². The number of benzene rings is 1. The van der Waals surface area contributed by atoms with E-state index in [0.717, 1.165) is 5.56 Å². The number of carbonyl (C=O) groups excluding carboxylic acids is 2. The summed E-state index contributed by atoms with van der Waals surface area (Å²) in [7, 11) is 0. The van der Waals surface area contributed by atoms with Gasteiger partial charge in [0, 0.05) is 32.6 Å². The molecule has 4 rings (SSSR count). The van der Waals surface area contributed by atoms with Crippen molar-refractivity contribution in [1.82, 2.24) is 15.2 Å². The largest absolute Gasteiger partial charge is 0.459 e. The number of furan rings is 1. The first kappa shape index (κ1) is 23.1. The molecule has 2 aromatic heterocycles. The number of oxazole rings is 1. The topological polar surface area (TPSA) is 116 Å². The molecule has 9 heteroatoms. The monoisotopic (exact) mass is 461 g/mol. The second kappa shape index (κ2) is 10.3. The first-order valence-corrected chi connectivity index (χ1v) is 11.3. The molecule has 2 amide bonds. The number of rotatable bonds is 7. The number of piperazine rings is 1. The van der Waals surface area contributed by atoms with Gasteiger partial charge in [0.2, 0.25) is 23.4 Å². The van der Waals surface area contributed by atoms with Crippen LogP contribution in [0.5, 0.6) is 0 Å². The minimum Gasteiger partial charge on any atom is -0.459 e. The summed E-state index contributed by atoms with van der Waals surface area (Å²) in [6.07, 6.45) is 1.86. The molecule has 1 unspecified atom stereocenters. The van der Waals surface area contributed by atoms with Crippen molar-refractivity contribution in [3.63, 3.8) is 0 Å². The molecule has 3 aromatic rings. The minimum atomic E-state index is -0.746. The van der Waals surface area contributed by atoms with Crippen molar-refractivity contribution in [3.05, 3.63) is 60.0 Å². The lowest BCUT2D eigenvalue weighted by molar-refractivity contribution is -0.137. The summed E-state index contributed by atoms with van der Waals surface area (Å²) in [6, 6.07) is 14.0. The SMILES string of the molecule is CC(C)CC(=O)NC(C(=O)N1CCN(c2oc(-c3ccco3)nc2C#N)CC1)c1ccccc1. The third kappa shape index (κ3) is 5.12. The summed E-state index contributed by atoms with van der Waals surface area (Å²) in [5.41, 5.74) is 0.923. The van der Waals surface area contributed by atoms with Gasteiger partial charge in [-0.3, -0.25) is 9.59 Å². The van der Waals surface area contributed by atoms with E-state index in [0.29, 0.717) is 44.2 Å². The molecule has 3 heterocycles. The number of anilines is 1. The average Bonchev–Trinajstić information content (AvgIpc) is 3.52. The normalized spacial score (nSPS) is 14.6. The highest BCUT2D eigenvalue weighted by molar-refractivity contribution is 5.89. The van der Waals surface area contributed by atoms with Gasteiger partial charge < -0.3 is 24.0 Å². The van der Waals surface area contributed by atoms with Gasteiger partial charge in [-0.15, -0.1) is 0 Å². The molecule has 1 fully saturated rings. The maximum atomic E-state index is 13.4. The number of nitriles is 1. The summed E-state index contributed by atoms with van der Waals surface area (Å²) in [5, 5.41) is 12.4. The summed E-state index contributed by atoms with van der Waals surface area (Å²) < 4.78 is 11.2. The quantitative estimate of drug-likeness (QED) is 0.573. The van der Waals surface area contributed by atoms with Crippen molar-refractivity contribution in [2.75, 3.05) is 31.1 Å². The smallest absolute Gasteiger partial charge is 0.266 e. The average molecular weight is 462 g/mol. The Morgan fingerprint density at radius 3 is 2.47 bits per heavy atom. The number of nitrogens with zero attached hydrogens (tertiary/aromatic N) is 4. The van der Waals surface area contributed by atoms with Gasteiger partial charge in [-0.1, -0.05) is 44.2 Å². The molecule has 0 bridgehead atoms. The zero-order valence-electron chi connectivity index (χ0n) is 19.2. The molecular formula is C25H27N5O4. The van der Waals surface area contributed by atoms with Crippen molar-refractivity contribution >= 4 is 17.7 Å². The lowest BCUT2D eigenvalue weighted by Gasteiger charge is -2.36. The van der Waals surface area contributed by atoms with Crippen LogP contribution in [0.1, 0.15) is 37.6 Å². The molecule has 0 saturated carbocycles. The summed E-state index contributed by atoms with van der Waals surface area (Å²) >= 11 is 0. The highest BCUT2D eigenvalue weighted by atomic mass is 16.4. The van der Waals surface area contributed by atoms with E-state index < -0.39 is 6.04 Å². The van der Waals surface area contributed by atoms with E-state index in [1.165, 1.54) is 6.26 Å². The third-order valence-corrected chi connectivity index (χ3v) is 5.60. The first-order valence-electron chi connectivity index (χ1n) is 11.3. The Hall–Kier alpha value is -4.06. The fourth-order valence-electron chi connectivity index (χ4n) is 3.94. The van der Waals surface area contributed by atoms with Crippen LogP contribution in [0.2, 0.25) is 0 Å². The van der Waals surface area contributed by atoms with Gasteiger partial charge in [0.15, 0.2) is 5.76 Å². The third-order valence-electron chi connectivity index (χ3n) is 5.60. The van der Waals surface area contributed by atoms with Crippen molar-refractivity contribution in [2.45, 2.75) is 26.3 Å². The van der Waals surface area contributed by atoms with E-state index in [1.54, 1.807) is 17.0 Å². The van der Waals surface area contributed by atoms with Crippen LogP contribution in [0.15, 0.2) is 57.6 Å². The minimum absolute atomic E-state index is 0.151. The van der Waals surface area contributed by atoms with Gasteiger partial charge in [-0.25, -0.2) is 0 Å². The van der Waals surface area contributed by atoms with E-state index in [1.807, 2.05) is 49.1 Å². The molecule has 0 radical (unpaired) electrons. The predicted octanol–water partition coefficient (Wildman–Crippen LogP) is 3.36. The molecular weight excluding hydrogens is 434 g/mol. The Labute approximate surface area is 198 Å². The van der Waals surface area contributed by atoms with Gasteiger partial charge in [0.25, 0.3) is 5.89 Å². The van der Waals surface area contributed by atoms with Crippen molar-refractivity contribution in [3.8, 4) is 17.7 Å². The zero-order chi connectivity index (χ0) is 24.1. The number of carbonyl (C=O) groups is 2. The van der Waals surface area contributed by atoms with Gasteiger partial charge >= 0.3 is 0 Å². The molecule has 0 aliphatic carbocycles. The summed E-state index contributed by atoms with van der Waals surface area (Å²) in [5.74, 6) is 0.939. The lowest BCUT2D eigenvalue weighted by Crippen LogP contribution is -2.52. The molecule has 1 aliphatic heterocycles. The fourth-order valence-corrected chi connectivity index (χ4v) is 3.94. The van der Waals surface area contributed by atoms with Crippen molar-refractivity contribution in [1.29, 1.82) is 5.26 Å². The molecule has 176 valence electrons. The van der Waals surface area contributed by atoms with Crippen LogP contribution in [-0.2, 0) is 9.59 Å². The standard InChI is InChI=1S/C25H27N5O4/c1-17(2)15-21(31)28-22(18-7-4-3-5-8-18)24(32)29-10-12-30(13-11-29)25-19(16-26)27-23(34-25)20-9-6-14-33-20/h3-9,14,17,22H,10-13,15H2,1-2H3,(H,28,31).